The number of aliphatic hydroxyl groups is 1. The molecule has 2 aliphatic rings. The van der Waals surface area contributed by atoms with Crippen molar-refractivity contribution in [2.24, 2.45) is 17.4 Å². The lowest BCUT2D eigenvalue weighted by Crippen LogP contribution is -2.62. The van der Waals surface area contributed by atoms with Crippen LogP contribution in [0.1, 0.15) is 78.2 Å². The second-order valence-corrected chi connectivity index (χ2v) is 18.8. The first-order valence-corrected chi connectivity index (χ1v) is 24.8. The van der Waals surface area contributed by atoms with Crippen LogP contribution in [0.25, 0.3) is 0 Å². The molecule has 0 saturated carbocycles. The van der Waals surface area contributed by atoms with Gasteiger partial charge in [0.05, 0.1) is 31.7 Å². The van der Waals surface area contributed by atoms with E-state index in [9.17, 15) is 53.5 Å². The smallest absolute Gasteiger partial charge is 0.246 e. The number of carbonyl (C=O) groups is 9. The van der Waals surface area contributed by atoms with E-state index < -0.39 is 120 Å². The highest BCUT2D eigenvalue weighted by Gasteiger charge is 2.41. The number of benzene rings is 1. The molecule has 24 heteroatoms. The second-order valence-electron chi connectivity index (χ2n) is 16.2. The highest BCUT2D eigenvalue weighted by molar-refractivity contribution is 8.76. The number of nitrogens with one attached hydrogen (secondary N) is 7. The van der Waals surface area contributed by atoms with Crippen LogP contribution in [0.5, 0.6) is 5.75 Å². The first kappa shape index (κ1) is 55.7. The van der Waals surface area contributed by atoms with Crippen molar-refractivity contribution >= 4 is 74.8 Å². The largest absolute Gasteiger partial charge is 0.494 e. The SMILES string of the molecule is CCOc1ccc(C[C@H]2NC(=O)CCSSC[C@@H](C(=O)N3CCC[C@H]3C(=O)N[C@@H](CCCN)C(=O)NCC(N)=O)NC(=O)[C@H](CC#N)NC(=O)[C@H]([C@@H](C)O)NC(=O)[C@H]([C@@H](C)CC)NC2=O)cc1. The highest BCUT2D eigenvalue weighted by Crippen LogP contribution is 2.26. The van der Waals surface area contributed by atoms with Gasteiger partial charge in [0.15, 0.2) is 0 Å². The number of hydrogen-bond donors (Lipinski definition) is 10. The van der Waals surface area contributed by atoms with E-state index in [1.807, 2.05) is 13.0 Å². The lowest BCUT2D eigenvalue weighted by atomic mass is 9.96. The molecule has 22 nitrogen and oxygen atoms in total. The van der Waals surface area contributed by atoms with E-state index in [1.54, 1.807) is 38.1 Å². The van der Waals surface area contributed by atoms with E-state index in [0.717, 1.165) is 10.8 Å². The third kappa shape index (κ3) is 17.8. The fraction of sp³-hybridized carbons (Fsp3) is 0.628. The number of amides is 9. The van der Waals surface area contributed by atoms with Gasteiger partial charge in [-0.25, -0.2) is 0 Å². The summed E-state index contributed by atoms with van der Waals surface area (Å²) in [7, 11) is 2.31. The average Bonchev–Trinajstić information content (AvgIpc) is 3.79. The molecule has 2 saturated heterocycles. The second kappa shape index (κ2) is 28.5. The van der Waals surface area contributed by atoms with Crippen molar-refractivity contribution in [2.75, 3.05) is 37.7 Å². The lowest BCUT2D eigenvalue weighted by Gasteiger charge is -2.31. The van der Waals surface area contributed by atoms with Crippen LogP contribution in [0, 0.1) is 17.2 Å². The van der Waals surface area contributed by atoms with E-state index in [-0.39, 0.29) is 50.3 Å². The minimum absolute atomic E-state index is 0.0373. The maximum absolute atomic E-state index is 14.4. The number of carbonyl (C=O) groups excluding carboxylic acids is 9. The fourth-order valence-corrected chi connectivity index (χ4v) is 9.33. The summed E-state index contributed by atoms with van der Waals surface area (Å²) >= 11 is 0. The number of hydrogen-bond acceptors (Lipinski definition) is 15. The van der Waals surface area contributed by atoms with Crippen molar-refractivity contribution in [3.63, 3.8) is 0 Å². The topological polar surface area (TPSA) is 346 Å². The zero-order chi connectivity index (χ0) is 49.6. The molecular weight excluding hydrogens is 911 g/mol. The van der Waals surface area contributed by atoms with Crippen molar-refractivity contribution in [2.45, 2.75) is 127 Å². The van der Waals surface area contributed by atoms with Gasteiger partial charge < -0.3 is 63.4 Å². The van der Waals surface area contributed by atoms with Crippen LogP contribution in [0.2, 0.25) is 0 Å². The van der Waals surface area contributed by atoms with E-state index in [4.69, 9.17) is 16.2 Å². The van der Waals surface area contributed by atoms with Gasteiger partial charge in [-0.05, 0) is 69.7 Å². The van der Waals surface area contributed by atoms with Gasteiger partial charge in [-0.15, -0.1) is 0 Å². The summed E-state index contributed by atoms with van der Waals surface area (Å²) in [6, 6.07) is -0.432. The molecule has 0 bridgehead atoms. The molecule has 12 N–H and O–H groups in total. The van der Waals surface area contributed by atoms with Gasteiger partial charge in [0.2, 0.25) is 53.2 Å². The maximum Gasteiger partial charge on any atom is 0.246 e. The third-order valence-corrected chi connectivity index (χ3v) is 13.5. The van der Waals surface area contributed by atoms with Crippen LogP contribution in [0.4, 0.5) is 0 Å². The summed E-state index contributed by atoms with van der Waals surface area (Å²) in [5.41, 5.74) is 11.5. The van der Waals surface area contributed by atoms with Gasteiger partial charge >= 0.3 is 0 Å². The molecule has 0 aliphatic carbocycles. The van der Waals surface area contributed by atoms with Gasteiger partial charge in [0.25, 0.3) is 0 Å². The Balaban J connectivity index is 1.97. The number of rotatable bonds is 17. The van der Waals surface area contributed by atoms with Crippen molar-refractivity contribution in [3.8, 4) is 11.8 Å². The molecule has 1 aromatic carbocycles. The zero-order valence-electron chi connectivity index (χ0n) is 38.3. The van der Waals surface area contributed by atoms with Crippen molar-refractivity contribution < 1.29 is 53.0 Å². The van der Waals surface area contributed by atoms with Crippen LogP contribution in [0.3, 0.4) is 0 Å². The van der Waals surface area contributed by atoms with Gasteiger partial charge in [-0.1, -0.05) is 54.0 Å². The van der Waals surface area contributed by atoms with E-state index >= 15 is 0 Å². The number of nitrogens with zero attached hydrogens (tertiary/aromatic N) is 2. The molecule has 3 rings (SSSR count). The molecule has 2 aliphatic heterocycles. The molecule has 2 heterocycles. The van der Waals surface area contributed by atoms with Gasteiger partial charge in [0, 0.05) is 30.9 Å². The summed E-state index contributed by atoms with van der Waals surface area (Å²) < 4.78 is 5.54. The minimum Gasteiger partial charge on any atom is -0.494 e. The Bertz CT molecular complexity index is 1940. The van der Waals surface area contributed by atoms with Crippen LogP contribution >= 0.6 is 21.6 Å². The van der Waals surface area contributed by atoms with Crippen molar-refractivity contribution in [3.05, 3.63) is 29.8 Å². The Morgan fingerprint density at radius 3 is 2.24 bits per heavy atom. The summed E-state index contributed by atoms with van der Waals surface area (Å²) in [6.45, 7) is 6.83. The Kier molecular flexibility index (Phi) is 23.7. The molecule has 9 atom stereocenters. The summed E-state index contributed by atoms with van der Waals surface area (Å²) in [5.74, 6) is -6.68. The number of ether oxygens (including phenoxy) is 1. The van der Waals surface area contributed by atoms with Crippen LogP contribution in [-0.2, 0) is 49.6 Å². The third-order valence-electron chi connectivity index (χ3n) is 11.1. The standard InChI is InChI=1S/C43H65N11O11S2/c1-5-24(3)35-41(62)53-36(25(4)55)42(63)50-29(15-18-45)38(59)51-31(43(64)54-19-8-10-32(54)40(61)49-28(9-7-17-44)37(58)47-22-33(46)56)23-67-66-20-16-34(57)48-30(39(60)52-35)21-26-11-13-27(14-12-26)65-6-2/h11-14,24-25,28-32,35-36,55H,5-10,15-17,19-23,44H2,1-4H3,(H2,46,56)(H,47,58)(H,48,57)(H,49,61)(H,50,63)(H,51,59)(H,52,60)(H,53,62)/t24-,25+,28-,29-,30+,31-,32-,35-,36-/m0/s1. The molecule has 0 unspecified atom stereocenters. The first-order valence-electron chi connectivity index (χ1n) is 22.3. The van der Waals surface area contributed by atoms with E-state index in [1.165, 1.54) is 22.6 Å². The van der Waals surface area contributed by atoms with Gasteiger partial charge in [-0.2, -0.15) is 5.26 Å². The Hall–Kier alpha value is -5.64. The number of aliphatic hydroxyl groups excluding tert-OH is 1. The number of likely N-dealkylation sites (tertiary alicyclic amines) is 1. The number of nitrogens with two attached hydrogens (primary N) is 2. The van der Waals surface area contributed by atoms with Crippen LogP contribution in [0.15, 0.2) is 24.3 Å². The molecule has 2 fully saturated rings. The molecule has 9 amide bonds. The van der Waals surface area contributed by atoms with E-state index in [0.29, 0.717) is 37.2 Å². The number of primary amides is 1. The number of nitriles is 1. The highest BCUT2D eigenvalue weighted by atomic mass is 33.1. The van der Waals surface area contributed by atoms with Crippen LogP contribution in [-0.4, -0.2) is 149 Å². The molecule has 0 spiro atoms. The summed E-state index contributed by atoms with van der Waals surface area (Å²) in [5, 5.41) is 38.5. The molecular formula is C43H65N11O11S2. The van der Waals surface area contributed by atoms with Gasteiger partial charge in [-0.3, -0.25) is 43.2 Å². The van der Waals surface area contributed by atoms with Gasteiger partial charge in [0.1, 0.15) is 48.0 Å². The van der Waals surface area contributed by atoms with Crippen LogP contribution < -0.4 is 53.4 Å². The quantitative estimate of drug-likeness (QED) is 0.0755. The lowest BCUT2D eigenvalue weighted by molar-refractivity contribution is -0.142. The monoisotopic (exact) mass is 975 g/mol. The molecule has 67 heavy (non-hydrogen) atoms. The van der Waals surface area contributed by atoms with Crippen molar-refractivity contribution in [1.29, 1.82) is 5.26 Å². The van der Waals surface area contributed by atoms with Crippen molar-refractivity contribution in [1.82, 2.24) is 42.1 Å². The fourth-order valence-electron chi connectivity index (χ4n) is 7.18. The first-order chi connectivity index (χ1) is 31.9. The predicted molar refractivity (Wildman–Crippen MR) is 249 cm³/mol. The molecule has 1 aromatic rings. The molecule has 0 radical (unpaired) electrons. The Morgan fingerprint density at radius 2 is 1.61 bits per heavy atom. The molecule has 370 valence electrons. The summed E-state index contributed by atoms with van der Waals surface area (Å²) in [6.07, 6.45) is -0.721. The maximum atomic E-state index is 14.4. The molecule has 0 aromatic heterocycles. The van der Waals surface area contributed by atoms with E-state index in [2.05, 4.69) is 37.2 Å². The zero-order valence-corrected chi connectivity index (χ0v) is 39.9. The predicted octanol–water partition coefficient (Wildman–Crippen LogP) is -2.01. The normalized spacial score (nSPS) is 23.9. The Morgan fingerprint density at radius 1 is 0.940 bits per heavy atom. The average molecular weight is 976 g/mol. The minimum atomic E-state index is -1.69. The summed E-state index contributed by atoms with van der Waals surface area (Å²) in [4.78, 5) is 123. The Labute approximate surface area is 398 Å².